The molecule has 0 aliphatic carbocycles. The van der Waals surface area contributed by atoms with E-state index in [0.29, 0.717) is 5.75 Å². The Morgan fingerprint density at radius 2 is 1.83 bits per heavy atom. The standard InChI is InChI=1S/C12H12ClN3O2/c1-3-8-6-4-5-7-9(8)18-12-15-10(13)14-11(16-12)17-2/h4-7H,3H2,1-2H3. The van der Waals surface area contributed by atoms with Gasteiger partial charge in [-0.2, -0.15) is 9.97 Å². The highest BCUT2D eigenvalue weighted by Gasteiger charge is 2.09. The molecule has 0 spiro atoms. The van der Waals surface area contributed by atoms with Gasteiger partial charge in [0.1, 0.15) is 5.75 Å². The molecule has 0 unspecified atom stereocenters. The molecule has 0 aliphatic rings. The second-order valence-corrected chi connectivity index (χ2v) is 3.78. The highest BCUT2D eigenvalue weighted by atomic mass is 35.5. The second-order valence-electron chi connectivity index (χ2n) is 3.44. The lowest BCUT2D eigenvalue weighted by Crippen LogP contribution is -1.99. The molecule has 2 rings (SSSR count). The average Bonchev–Trinajstić information content (AvgIpc) is 2.38. The van der Waals surface area contributed by atoms with Gasteiger partial charge in [0.05, 0.1) is 7.11 Å². The zero-order valence-corrected chi connectivity index (χ0v) is 10.8. The normalized spacial score (nSPS) is 10.2. The first-order valence-corrected chi connectivity index (χ1v) is 5.82. The number of halogens is 1. The van der Waals surface area contributed by atoms with Crippen LogP contribution in [-0.2, 0) is 6.42 Å². The van der Waals surface area contributed by atoms with Crippen molar-refractivity contribution in [3.8, 4) is 17.8 Å². The Morgan fingerprint density at radius 3 is 2.56 bits per heavy atom. The van der Waals surface area contributed by atoms with E-state index in [1.807, 2.05) is 31.2 Å². The summed E-state index contributed by atoms with van der Waals surface area (Å²) in [5, 5.41) is 0.0332. The fourth-order valence-electron chi connectivity index (χ4n) is 1.45. The summed E-state index contributed by atoms with van der Waals surface area (Å²) in [5.41, 5.74) is 1.06. The number of para-hydroxylation sites is 1. The Balaban J connectivity index is 2.30. The molecule has 0 radical (unpaired) electrons. The fourth-order valence-corrected chi connectivity index (χ4v) is 1.59. The zero-order chi connectivity index (χ0) is 13.0. The second kappa shape index (κ2) is 5.64. The highest BCUT2D eigenvalue weighted by Crippen LogP contribution is 2.24. The number of methoxy groups -OCH3 is 1. The maximum atomic E-state index is 5.75. The van der Waals surface area contributed by atoms with Crippen LogP contribution in [0.5, 0.6) is 17.8 Å². The molecule has 6 heteroatoms. The van der Waals surface area contributed by atoms with Crippen LogP contribution >= 0.6 is 11.6 Å². The van der Waals surface area contributed by atoms with Gasteiger partial charge in [-0.05, 0) is 29.7 Å². The maximum Gasteiger partial charge on any atom is 0.329 e. The SMILES string of the molecule is CCc1ccccc1Oc1nc(Cl)nc(OC)n1. The number of aryl methyl sites for hydroxylation is 1. The first kappa shape index (κ1) is 12.6. The minimum Gasteiger partial charge on any atom is -0.467 e. The van der Waals surface area contributed by atoms with E-state index in [4.69, 9.17) is 21.1 Å². The largest absolute Gasteiger partial charge is 0.467 e. The van der Waals surface area contributed by atoms with Crippen LogP contribution in [0.2, 0.25) is 5.28 Å². The van der Waals surface area contributed by atoms with Crippen LogP contribution < -0.4 is 9.47 Å². The van der Waals surface area contributed by atoms with Crippen LogP contribution in [0.3, 0.4) is 0 Å². The van der Waals surface area contributed by atoms with Crippen LogP contribution in [0.4, 0.5) is 0 Å². The van der Waals surface area contributed by atoms with Crippen molar-refractivity contribution in [1.82, 2.24) is 15.0 Å². The van der Waals surface area contributed by atoms with Crippen molar-refractivity contribution < 1.29 is 9.47 Å². The van der Waals surface area contributed by atoms with E-state index in [1.54, 1.807) is 0 Å². The lowest BCUT2D eigenvalue weighted by atomic mass is 10.1. The molecule has 0 aliphatic heterocycles. The van der Waals surface area contributed by atoms with Crippen LogP contribution in [-0.4, -0.2) is 22.1 Å². The monoisotopic (exact) mass is 265 g/mol. The molecular formula is C12H12ClN3O2. The lowest BCUT2D eigenvalue weighted by Gasteiger charge is -2.08. The average molecular weight is 266 g/mol. The third-order valence-corrected chi connectivity index (χ3v) is 2.47. The molecule has 18 heavy (non-hydrogen) atoms. The number of ether oxygens (including phenoxy) is 2. The summed E-state index contributed by atoms with van der Waals surface area (Å²) in [6, 6.07) is 7.91. The van der Waals surface area contributed by atoms with E-state index in [1.165, 1.54) is 7.11 Å². The molecule has 0 saturated heterocycles. The van der Waals surface area contributed by atoms with Crippen LogP contribution in [0.15, 0.2) is 24.3 Å². The van der Waals surface area contributed by atoms with E-state index in [9.17, 15) is 0 Å². The Morgan fingerprint density at radius 1 is 1.11 bits per heavy atom. The van der Waals surface area contributed by atoms with E-state index in [2.05, 4.69) is 15.0 Å². The summed E-state index contributed by atoms with van der Waals surface area (Å²) < 4.78 is 10.5. The van der Waals surface area contributed by atoms with E-state index >= 15 is 0 Å². The molecule has 0 fully saturated rings. The van der Waals surface area contributed by atoms with E-state index in [-0.39, 0.29) is 17.3 Å². The Hall–Kier alpha value is -1.88. The van der Waals surface area contributed by atoms with Gasteiger partial charge in [-0.1, -0.05) is 25.1 Å². The molecule has 0 N–H and O–H groups in total. The third-order valence-electron chi connectivity index (χ3n) is 2.30. The molecule has 1 aromatic heterocycles. The van der Waals surface area contributed by atoms with Gasteiger partial charge in [0.15, 0.2) is 0 Å². The smallest absolute Gasteiger partial charge is 0.329 e. The Kier molecular flexibility index (Phi) is 3.94. The summed E-state index contributed by atoms with van der Waals surface area (Å²) in [5.74, 6) is 0.698. The van der Waals surface area contributed by atoms with Gasteiger partial charge in [0, 0.05) is 0 Å². The van der Waals surface area contributed by atoms with Crippen LogP contribution in [0, 0.1) is 0 Å². The predicted octanol–water partition coefficient (Wildman–Crippen LogP) is 2.89. The molecule has 1 heterocycles. The van der Waals surface area contributed by atoms with Gasteiger partial charge in [0.2, 0.25) is 5.28 Å². The number of hydrogen-bond acceptors (Lipinski definition) is 5. The van der Waals surface area contributed by atoms with Crippen LogP contribution in [0.1, 0.15) is 12.5 Å². The van der Waals surface area contributed by atoms with Crippen molar-refractivity contribution in [2.45, 2.75) is 13.3 Å². The summed E-state index contributed by atoms with van der Waals surface area (Å²) in [7, 11) is 1.45. The molecular weight excluding hydrogens is 254 g/mol. The Labute approximate surface area is 110 Å². The van der Waals surface area contributed by atoms with Crippen LogP contribution in [0.25, 0.3) is 0 Å². The maximum absolute atomic E-state index is 5.75. The van der Waals surface area contributed by atoms with Crippen molar-refractivity contribution in [3.63, 3.8) is 0 Å². The molecule has 1 aromatic carbocycles. The van der Waals surface area contributed by atoms with Gasteiger partial charge in [0.25, 0.3) is 0 Å². The molecule has 5 nitrogen and oxygen atoms in total. The van der Waals surface area contributed by atoms with Gasteiger partial charge >= 0.3 is 12.0 Å². The third kappa shape index (κ3) is 2.87. The van der Waals surface area contributed by atoms with Gasteiger partial charge < -0.3 is 9.47 Å². The minimum atomic E-state index is 0.0332. The molecule has 0 amide bonds. The number of benzene rings is 1. The molecule has 94 valence electrons. The first-order chi connectivity index (χ1) is 8.72. The van der Waals surface area contributed by atoms with Crippen molar-refractivity contribution in [1.29, 1.82) is 0 Å². The van der Waals surface area contributed by atoms with Crippen molar-refractivity contribution in [3.05, 3.63) is 35.1 Å². The zero-order valence-electron chi connectivity index (χ0n) is 10.1. The summed E-state index contributed by atoms with van der Waals surface area (Å²) in [4.78, 5) is 11.6. The molecule has 2 aromatic rings. The van der Waals surface area contributed by atoms with E-state index in [0.717, 1.165) is 12.0 Å². The van der Waals surface area contributed by atoms with Crippen molar-refractivity contribution >= 4 is 11.6 Å². The Bertz CT molecular complexity index is 549. The summed E-state index contributed by atoms with van der Waals surface area (Å²) >= 11 is 5.75. The lowest BCUT2D eigenvalue weighted by molar-refractivity contribution is 0.358. The van der Waals surface area contributed by atoms with Crippen molar-refractivity contribution in [2.24, 2.45) is 0 Å². The van der Waals surface area contributed by atoms with Gasteiger partial charge in [-0.25, -0.2) is 0 Å². The highest BCUT2D eigenvalue weighted by molar-refractivity contribution is 6.28. The van der Waals surface area contributed by atoms with Gasteiger partial charge in [-0.15, -0.1) is 4.98 Å². The summed E-state index contributed by atoms with van der Waals surface area (Å²) in [6.45, 7) is 2.04. The molecule has 0 saturated carbocycles. The molecule has 0 bridgehead atoms. The van der Waals surface area contributed by atoms with Gasteiger partial charge in [-0.3, -0.25) is 0 Å². The number of rotatable bonds is 4. The van der Waals surface area contributed by atoms with Crippen molar-refractivity contribution in [2.75, 3.05) is 7.11 Å². The number of nitrogens with zero attached hydrogens (tertiary/aromatic N) is 3. The van der Waals surface area contributed by atoms with E-state index < -0.39 is 0 Å². The minimum absolute atomic E-state index is 0.0332. The molecule has 0 atom stereocenters. The number of aromatic nitrogens is 3. The predicted molar refractivity (Wildman–Crippen MR) is 67.3 cm³/mol. The number of hydrogen-bond donors (Lipinski definition) is 0. The summed E-state index contributed by atoms with van der Waals surface area (Å²) in [6.07, 6.45) is 0.853. The quantitative estimate of drug-likeness (QED) is 0.851. The topological polar surface area (TPSA) is 57.1 Å². The first-order valence-electron chi connectivity index (χ1n) is 5.44. The fraction of sp³-hybridized carbons (Fsp3) is 0.250.